The number of nitrogens with one attached hydrogen (secondary N) is 3. The Hall–Kier alpha value is -0.570. The lowest BCUT2D eigenvalue weighted by Gasteiger charge is -2.38. The maximum atomic E-state index is 10.2. The number of aliphatic hydroxyl groups is 1. The number of hydrogen-bond acceptors (Lipinski definition) is 7. The summed E-state index contributed by atoms with van der Waals surface area (Å²) in [6, 6.07) is 7.79. The standard InChI is InChI=1S/C16H26N4OS2/c1-22-9-2-8-19-14(21)12-3-5-13(6-4-12)16(11-17)7-10-23-15(18)20-16/h3-6,11,14-15,17,19-21H,2,7-10,18H2,1H3. The molecule has 1 fully saturated rings. The summed E-state index contributed by atoms with van der Waals surface area (Å²) >= 11 is 3.47. The molecule has 0 aromatic heterocycles. The van der Waals surface area contributed by atoms with E-state index in [1.54, 1.807) is 11.8 Å². The van der Waals surface area contributed by atoms with Crippen molar-refractivity contribution in [2.45, 2.75) is 30.1 Å². The number of hydrogen-bond donors (Lipinski definition) is 5. The lowest BCUT2D eigenvalue weighted by atomic mass is 9.87. The molecule has 3 unspecified atom stereocenters. The summed E-state index contributed by atoms with van der Waals surface area (Å²) in [4.78, 5) is 0. The van der Waals surface area contributed by atoms with E-state index in [1.807, 2.05) is 36.0 Å². The predicted molar refractivity (Wildman–Crippen MR) is 101 cm³/mol. The molecular weight excluding hydrogens is 328 g/mol. The lowest BCUT2D eigenvalue weighted by Crippen LogP contribution is -2.54. The first-order valence-corrected chi connectivity index (χ1v) is 10.2. The zero-order chi connectivity index (χ0) is 16.7. The Morgan fingerprint density at radius 2 is 2.30 bits per heavy atom. The zero-order valence-electron chi connectivity index (χ0n) is 13.4. The Labute approximate surface area is 146 Å². The molecule has 23 heavy (non-hydrogen) atoms. The van der Waals surface area contributed by atoms with Gasteiger partial charge in [-0.15, -0.1) is 11.8 Å². The first-order chi connectivity index (χ1) is 11.1. The summed E-state index contributed by atoms with van der Waals surface area (Å²) in [5.74, 6) is 2.01. The van der Waals surface area contributed by atoms with Gasteiger partial charge in [0.2, 0.25) is 0 Å². The third kappa shape index (κ3) is 4.95. The van der Waals surface area contributed by atoms with E-state index in [0.717, 1.165) is 42.0 Å². The summed E-state index contributed by atoms with van der Waals surface area (Å²) in [6.45, 7) is 0.793. The topological polar surface area (TPSA) is 94.2 Å². The van der Waals surface area contributed by atoms with Crippen LogP contribution in [0.5, 0.6) is 0 Å². The number of thioether (sulfide) groups is 2. The van der Waals surface area contributed by atoms with Gasteiger partial charge >= 0.3 is 0 Å². The predicted octanol–water partition coefficient (Wildman–Crippen LogP) is 1.83. The van der Waals surface area contributed by atoms with E-state index in [4.69, 9.17) is 11.1 Å². The highest BCUT2D eigenvalue weighted by atomic mass is 32.2. The maximum absolute atomic E-state index is 10.2. The molecule has 128 valence electrons. The van der Waals surface area contributed by atoms with Gasteiger partial charge in [-0.05, 0) is 48.3 Å². The minimum absolute atomic E-state index is 0.159. The summed E-state index contributed by atoms with van der Waals surface area (Å²) in [5, 5.41) is 24.4. The molecule has 1 heterocycles. The SMILES string of the molecule is CSCCCNC(O)c1ccc(C2(C=N)CCSC(N)N2)cc1. The van der Waals surface area contributed by atoms with Crippen molar-refractivity contribution in [3.05, 3.63) is 35.4 Å². The van der Waals surface area contributed by atoms with Crippen LogP contribution < -0.4 is 16.4 Å². The van der Waals surface area contributed by atoms with Gasteiger partial charge in [0.05, 0.1) is 5.54 Å². The third-order valence-electron chi connectivity index (χ3n) is 4.04. The minimum atomic E-state index is -0.654. The van der Waals surface area contributed by atoms with Gasteiger partial charge in [0.1, 0.15) is 11.7 Å². The van der Waals surface area contributed by atoms with Crippen LogP contribution in [-0.2, 0) is 5.54 Å². The monoisotopic (exact) mass is 354 g/mol. The molecule has 0 spiro atoms. The van der Waals surface area contributed by atoms with E-state index in [9.17, 15) is 5.11 Å². The van der Waals surface area contributed by atoms with Crippen molar-refractivity contribution >= 4 is 29.7 Å². The number of aliphatic hydroxyl groups excluding tert-OH is 1. The molecule has 7 heteroatoms. The second kappa shape index (κ2) is 9.05. The molecule has 3 atom stereocenters. The fourth-order valence-electron chi connectivity index (χ4n) is 2.68. The van der Waals surface area contributed by atoms with Gasteiger partial charge in [-0.3, -0.25) is 10.6 Å². The van der Waals surface area contributed by atoms with Crippen LogP contribution >= 0.6 is 23.5 Å². The van der Waals surface area contributed by atoms with E-state index in [1.165, 1.54) is 6.21 Å². The average Bonchev–Trinajstić information content (AvgIpc) is 2.58. The van der Waals surface area contributed by atoms with Gasteiger partial charge < -0.3 is 16.2 Å². The molecule has 1 saturated heterocycles. The van der Waals surface area contributed by atoms with Crippen LogP contribution in [0.2, 0.25) is 0 Å². The second-order valence-electron chi connectivity index (χ2n) is 5.63. The van der Waals surface area contributed by atoms with Crippen LogP contribution in [0, 0.1) is 5.41 Å². The Kier molecular flexibility index (Phi) is 7.39. The molecule has 1 aliphatic heterocycles. The molecule has 6 N–H and O–H groups in total. The fourth-order valence-corrected chi connectivity index (χ4v) is 4.10. The van der Waals surface area contributed by atoms with Gasteiger partial charge in [-0.25, -0.2) is 0 Å². The summed E-state index contributed by atoms with van der Waals surface area (Å²) < 4.78 is 0. The largest absolute Gasteiger partial charge is 0.374 e. The number of nitrogens with two attached hydrogens (primary N) is 1. The number of benzene rings is 1. The van der Waals surface area contributed by atoms with Crippen LogP contribution in [0.4, 0.5) is 0 Å². The van der Waals surface area contributed by atoms with Crippen molar-refractivity contribution in [3.63, 3.8) is 0 Å². The summed E-state index contributed by atoms with van der Waals surface area (Å²) in [6.07, 6.45) is 4.74. The Morgan fingerprint density at radius 3 is 2.91 bits per heavy atom. The molecule has 0 bridgehead atoms. The van der Waals surface area contributed by atoms with Gasteiger partial charge in [-0.2, -0.15) is 11.8 Å². The van der Waals surface area contributed by atoms with Crippen LogP contribution in [0.15, 0.2) is 24.3 Å². The smallest absolute Gasteiger partial charge is 0.131 e. The highest BCUT2D eigenvalue weighted by molar-refractivity contribution is 7.99. The van der Waals surface area contributed by atoms with Crippen molar-refractivity contribution < 1.29 is 5.11 Å². The summed E-state index contributed by atoms with van der Waals surface area (Å²) in [5.41, 5.74) is 7.17. The molecule has 5 nitrogen and oxygen atoms in total. The molecule has 0 aliphatic carbocycles. The van der Waals surface area contributed by atoms with Crippen molar-refractivity contribution in [2.24, 2.45) is 5.73 Å². The molecule has 0 saturated carbocycles. The van der Waals surface area contributed by atoms with Crippen LogP contribution in [-0.4, -0.2) is 41.1 Å². The highest BCUT2D eigenvalue weighted by Gasteiger charge is 2.34. The molecular formula is C16H26N4OS2. The van der Waals surface area contributed by atoms with Crippen LogP contribution in [0.1, 0.15) is 30.2 Å². The lowest BCUT2D eigenvalue weighted by molar-refractivity contribution is 0.139. The Balaban J connectivity index is 2.01. The molecule has 1 aromatic carbocycles. The maximum Gasteiger partial charge on any atom is 0.131 e. The summed E-state index contributed by atoms with van der Waals surface area (Å²) in [7, 11) is 0. The first-order valence-electron chi connectivity index (χ1n) is 7.78. The zero-order valence-corrected chi connectivity index (χ0v) is 15.1. The van der Waals surface area contributed by atoms with Crippen LogP contribution in [0.3, 0.4) is 0 Å². The van der Waals surface area contributed by atoms with Gasteiger partial charge in [0.15, 0.2) is 0 Å². The van der Waals surface area contributed by atoms with E-state index in [-0.39, 0.29) is 5.50 Å². The van der Waals surface area contributed by atoms with E-state index >= 15 is 0 Å². The number of rotatable bonds is 8. The van der Waals surface area contributed by atoms with E-state index in [0.29, 0.717) is 0 Å². The van der Waals surface area contributed by atoms with E-state index in [2.05, 4.69) is 16.9 Å². The van der Waals surface area contributed by atoms with Crippen molar-refractivity contribution in [1.29, 1.82) is 5.41 Å². The Morgan fingerprint density at radius 1 is 1.57 bits per heavy atom. The third-order valence-corrected chi connectivity index (χ3v) is 5.66. The highest BCUT2D eigenvalue weighted by Crippen LogP contribution is 2.31. The van der Waals surface area contributed by atoms with Gasteiger partial charge in [0, 0.05) is 6.21 Å². The first kappa shape index (κ1) is 18.8. The minimum Gasteiger partial charge on any atom is -0.374 e. The quantitative estimate of drug-likeness (QED) is 0.278. The van der Waals surface area contributed by atoms with Crippen molar-refractivity contribution in [3.8, 4) is 0 Å². The van der Waals surface area contributed by atoms with Gasteiger partial charge in [0.25, 0.3) is 0 Å². The molecule has 2 rings (SSSR count). The molecule has 1 aliphatic rings. The fraction of sp³-hybridized carbons (Fsp3) is 0.562. The van der Waals surface area contributed by atoms with Crippen LogP contribution in [0.25, 0.3) is 0 Å². The molecule has 0 radical (unpaired) electrons. The second-order valence-corrected chi connectivity index (χ2v) is 7.86. The van der Waals surface area contributed by atoms with Crippen molar-refractivity contribution in [1.82, 2.24) is 10.6 Å². The Bertz CT molecular complexity index is 499. The molecule has 0 amide bonds. The van der Waals surface area contributed by atoms with E-state index < -0.39 is 11.8 Å². The normalized spacial score (nSPS) is 26.0. The van der Waals surface area contributed by atoms with Crippen molar-refractivity contribution in [2.75, 3.05) is 24.3 Å². The average molecular weight is 355 g/mol. The van der Waals surface area contributed by atoms with Gasteiger partial charge in [-0.1, -0.05) is 24.3 Å². The molecule has 1 aromatic rings.